The van der Waals surface area contributed by atoms with Gasteiger partial charge in [-0.3, -0.25) is 9.78 Å². The van der Waals surface area contributed by atoms with Crippen LogP contribution in [0.1, 0.15) is 21.6 Å². The minimum atomic E-state index is -0.984. The highest BCUT2D eigenvalue weighted by atomic mass is 16.4. The number of hydrogen-bond donors (Lipinski definition) is 1. The molecular weight excluding hydrogens is 268 g/mol. The molecule has 2 heterocycles. The standard InChI is InChI=1S/C16H14N2O3/c19-15-10-11-4-5-12(16(20)21)9-14(11)18(15)8-6-13-3-1-2-7-17-13/h1-5,7,9H,6,8,10H2,(H,20,21). The fourth-order valence-corrected chi connectivity index (χ4v) is 2.51. The van der Waals surface area contributed by atoms with E-state index in [0.29, 0.717) is 25.1 Å². The molecule has 1 aromatic carbocycles. The maximum Gasteiger partial charge on any atom is 0.335 e. The van der Waals surface area contributed by atoms with Crippen LogP contribution in [-0.2, 0) is 17.6 Å². The summed E-state index contributed by atoms with van der Waals surface area (Å²) in [5.41, 5.74) is 2.70. The molecular formula is C16H14N2O3. The third kappa shape index (κ3) is 2.63. The van der Waals surface area contributed by atoms with Gasteiger partial charge in [0.1, 0.15) is 0 Å². The van der Waals surface area contributed by atoms with Gasteiger partial charge in [-0.1, -0.05) is 12.1 Å². The Morgan fingerprint density at radius 2 is 2.14 bits per heavy atom. The molecule has 1 N–H and O–H groups in total. The minimum absolute atomic E-state index is 0.00321. The van der Waals surface area contributed by atoms with E-state index in [1.165, 1.54) is 6.07 Å². The van der Waals surface area contributed by atoms with Crippen molar-refractivity contribution in [3.05, 3.63) is 59.4 Å². The number of anilines is 1. The van der Waals surface area contributed by atoms with Crippen molar-refractivity contribution in [1.29, 1.82) is 0 Å². The first-order valence-corrected chi connectivity index (χ1v) is 6.71. The number of rotatable bonds is 4. The number of amides is 1. The molecule has 0 saturated carbocycles. The quantitative estimate of drug-likeness (QED) is 0.930. The molecule has 1 aliphatic rings. The van der Waals surface area contributed by atoms with Gasteiger partial charge in [0, 0.05) is 30.5 Å². The van der Waals surface area contributed by atoms with E-state index in [2.05, 4.69) is 4.98 Å². The van der Waals surface area contributed by atoms with Gasteiger partial charge < -0.3 is 10.0 Å². The number of carboxylic acids is 1. The molecule has 21 heavy (non-hydrogen) atoms. The monoisotopic (exact) mass is 282 g/mol. The molecule has 0 radical (unpaired) electrons. The summed E-state index contributed by atoms with van der Waals surface area (Å²) >= 11 is 0. The highest BCUT2D eigenvalue weighted by molar-refractivity contribution is 6.03. The van der Waals surface area contributed by atoms with Gasteiger partial charge in [-0.05, 0) is 29.8 Å². The van der Waals surface area contributed by atoms with Crippen molar-refractivity contribution in [3.8, 4) is 0 Å². The number of carbonyl (C=O) groups is 2. The number of benzene rings is 1. The molecule has 5 heteroatoms. The Kier molecular flexibility index (Phi) is 3.39. The predicted octanol–water partition coefficient (Wildman–Crippen LogP) is 1.91. The number of carbonyl (C=O) groups excluding carboxylic acids is 1. The van der Waals surface area contributed by atoms with Crippen molar-refractivity contribution in [2.45, 2.75) is 12.8 Å². The van der Waals surface area contributed by atoms with Crippen LogP contribution in [0, 0.1) is 0 Å². The number of aromatic carboxylic acids is 1. The third-order valence-corrected chi connectivity index (χ3v) is 3.58. The minimum Gasteiger partial charge on any atom is -0.478 e. The van der Waals surface area contributed by atoms with Gasteiger partial charge in [0.25, 0.3) is 0 Å². The van der Waals surface area contributed by atoms with Crippen molar-refractivity contribution >= 4 is 17.6 Å². The summed E-state index contributed by atoms with van der Waals surface area (Å²) in [7, 11) is 0. The fourth-order valence-electron chi connectivity index (χ4n) is 2.51. The largest absolute Gasteiger partial charge is 0.478 e. The van der Waals surface area contributed by atoms with Crippen molar-refractivity contribution in [3.63, 3.8) is 0 Å². The van der Waals surface area contributed by atoms with Crippen molar-refractivity contribution in [2.75, 3.05) is 11.4 Å². The molecule has 3 rings (SSSR count). The smallest absolute Gasteiger partial charge is 0.335 e. The Labute approximate surface area is 121 Å². The average molecular weight is 282 g/mol. The molecule has 1 aliphatic heterocycles. The second-order valence-corrected chi connectivity index (χ2v) is 4.94. The van der Waals surface area contributed by atoms with Crippen LogP contribution in [0.15, 0.2) is 42.6 Å². The molecule has 2 aromatic rings. The van der Waals surface area contributed by atoms with E-state index in [0.717, 1.165) is 11.3 Å². The lowest BCUT2D eigenvalue weighted by Gasteiger charge is -2.17. The van der Waals surface area contributed by atoms with Crippen LogP contribution in [0.25, 0.3) is 0 Å². The zero-order chi connectivity index (χ0) is 14.8. The van der Waals surface area contributed by atoms with Crippen LogP contribution < -0.4 is 4.90 Å². The van der Waals surface area contributed by atoms with E-state index in [4.69, 9.17) is 5.11 Å². The van der Waals surface area contributed by atoms with E-state index in [9.17, 15) is 9.59 Å². The molecule has 0 fully saturated rings. The van der Waals surface area contributed by atoms with E-state index >= 15 is 0 Å². The predicted molar refractivity (Wildman–Crippen MR) is 77.4 cm³/mol. The van der Waals surface area contributed by atoms with Crippen LogP contribution in [0.3, 0.4) is 0 Å². The number of hydrogen-bond acceptors (Lipinski definition) is 3. The Balaban J connectivity index is 1.82. The zero-order valence-corrected chi connectivity index (χ0v) is 11.3. The van der Waals surface area contributed by atoms with Crippen molar-refractivity contribution in [1.82, 2.24) is 4.98 Å². The number of pyridine rings is 1. The lowest BCUT2D eigenvalue weighted by molar-refractivity contribution is -0.117. The molecule has 0 spiro atoms. The molecule has 0 bridgehead atoms. The van der Waals surface area contributed by atoms with Crippen LogP contribution in [-0.4, -0.2) is 28.5 Å². The summed E-state index contributed by atoms with van der Waals surface area (Å²) in [6.07, 6.45) is 2.69. The fraction of sp³-hybridized carbons (Fsp3) is 0.188. The highest BCUT2D eigenvalue weighted by Crippen LogP contribution is 2.30. The molecule has 0 aliphatic carbocycles. The van der Waals surface area contributed by atoms with E-state index in [-0.39, 0.29) is 11.5 Å². The number of carboxylic acid groups (broad SMARTS) is 1. The van der Waals surface area contributed by atoms with Crippen molar-refractivity contribution < 1.29 is 14.7 Å². The van der Waals surface area contributed by atoms with Crippen molar-refractivity contribution in [2.24, 2.45) is 0 Å². The molecule has 1 amide bonds. The van der Waals surface area contributed by atoms with Crippen LogP contribution in [0.4, 0.5) is 5.69 Å². The SMILES string of the molecule is O=C(O)c1ccc2c(c1)N(CCc1ccccn1)C(=O)C2. The number of nitrogens with zero attached hydrogens (tertiary/aromatic N) is 2. The summed E-state index contributed by atoms with van der Waals surface area (Å²) in [4.78, 5) is 29.0. The molecule has 0 saturated heterocycles. The topological polar surface area (TPSA) is 70.5 Å². The van der Waals surface area contributed by atoms with E-state index in [1.54, 1.807) is 23.2 Å². The van der Waals surface area contributed by atoms with Crippen LogP contribution in [0.5, 0.6) is 0 Å². The second-order valence-electron chi connectivity index (χ2n) is 4.94. The molecule has 0 atom stereocenters. The second kappa shape index (κ2) is 5.36. The number of fused-ring (bicyclic) bond motifs is 1. The lowest BCUT2D eigenvalue weighted by Crippen LogP contribution is -2.29. The Bertz CT molecular complexity index is 698. The average Bonchev–Trinajstić information content (AvgIpc) is 2.80. The van der Waals surface area contributed by atoms with Gasteiger partial charge in [-0.25, -0.2) is 4.79 Å². The molecule has 0 unspecified atom stereocenters. The third-order valence-electron chi connectivity index (χ3n) is 3.58. The van der Waals surface area contributed by atoms with E-state index < -0.39 is 5.97 Å². The van der Waals surface area contributed by atoms with Gasteiger partial charge in [0.2, 0.25) is 5.91 Å². The lowest BCUT2D eigenvalue weighted by atomic mass is 10.1. The summed E-state index contributed by atoms with van der Waals surface area (Å²) in [5.74, 6) is -0.981. The van der Waals surface area contributed by atoms with Gasteiger partial charge in [-0.2, -0.15) is 0 Å². The Hall–Kier alpha value is -2.69. The maximum atomic E-state index is 12.1. The Morgan fingerprint density at radius 3 is 2.86 bits per heavy atom. The van der Waals surface area contributed by atoms with Crippen LogP contribution in [0.2, 0.25) is 0 Å². The molecule has 1 aromatic heterocycles. The first-order valence-electron chi connectivity index (χ1n) is 6.71. The van der Waals surface area contributed by atoms with Crippen LogP contribution >= 0.6 is 0 Å². The molecule has 5 nitrogen and oxygen atoms in total. The summed E-state index contributed by atoms with van der Waals surface area (Å²) in [6, 6.07) is 10.5. The maximum absolute atomic E-state index is 12.1. The summed E-state index contributed by atoms with van der Waals surface area (Å²) in [6.45, 7) is 0.506. The van der Waals surface area contributed by atoms with E-state index in [1.807, 2.05) is 18.2 Å². The first kappa shape index (κ1) is 13.3. The molecule has 106 valence electrons. The van der Waals surface area contributed by atoms with Gasteiger partial charge in [-0.15, -0.1) is 0 Å². The summed E-state index contributed by atoms with van der Waals surface area (Å²) < 4.78 is 0. The first-order chi connectivity index (χ1) is 10.1. The zero-order valence-electron chi connectivity index (χ0n) is 11.3. The van der Waals surface area contributed by atoms with Gasteiger partial charge in [0.05, 0.1) is 12.0 Å². The highest BCUT2D eigenvalue weighted by Gasteiger charge is 2.27. The van der Waals surface area contributed by atoms with Gasteiger partial charge >= 0.3 is 5.97 Å². The Morgan fingerprint density at radius 1 is 1.29 bits per heavy atom. The van der Waals surface area contributed by atoms with Gasteiger partial charge in [0.15, 0.2) is 0 Å². The number of aromatic nitrogens is 1. The summed E-state index contributed by atoms with van der Waals surface area (Å²) in [5, 5.41) is 9.06. The normalized spacial score (nSPS) is 13.3.